The zero-order valence-corrected chi connectivity index (χ0v) is 12.3. The molecule has 2 aromatic heterocycles. The second kappa shape index (κ2) is 6.02. The number of aromatic nitrogens is 4. The molecular weight excluding hydrogens is 238 g/mol. The molecule has 2 aromatic rings. The summed E-state index contributed by atoms with van der Waals surface area (Å²) in [4.78, 5) is 0. The van der Waals surface area contributed by atoms with Crippen LogP contribution in [0.25, 0.3) is 0 Å². The van der Waals surface area contributed by atoms with Gasteiger partial charge in [0.15, 0.2) is 0 Å². The predicted octanol–water partition coefficient (Wildman–Crippen LogP) is 1.72. The number of rotatable bonds is 6. The number of hydrogen-bond donors (Lipinski definition) is 1. The standard InChI is InChI=1S/C14H23N5/c1-11-8-13(3)19(17-11)7-5-6-15-10-14-9-12(2)16-18(14)4/h8-9,15H,5-7,10H2,1-4H3. The Morgan fingerprint density at radius 3 is 2.42 bits per heavy atom. The lowest BCUT2D eigenvalue weighted by Crippen LogP contribution is -2.18. The molecule has 0 aliphatic rings. The molecule has 104 valence electrons. The van der Waals surface area contributed by atoms with Crippen molar-refractivity contribution in [3.63, 3.8) is 0 Å². The summed E-state index contributed by atoms with van der Waals surface area (Å²) < 4.78 is 4.01. The monoisotopic (exact) mass is 261 g/mol. The Balaban J connectivity index is 1.70. The molecule has 19 heavy (non-hydrogen) atoms. The van der Waals surface area contributed by atoms with Gasteiger partial charge in [-0.2, -0.15) is 10.2 Å². The zero-order valence-electron chi connectivity index (χ0n) is 12.3. The van der Waals surface area contributed by atoms with E-state index >= 15 is 0 Å². The minimum atomic E-state index is 0.870. The van der Waals surface area contributed by atoms with Crippen LogP contribution in [0.4, 0.5) is 0 Å². The van der Waals surface area contributed by atoms with Crippen molar-refractivity contribution >= 4 is 0 Å². The van der Waals surface area contributed by atoms with Gasteiger partial charge in [0, 0.05) is 25.8 Å². The van der Waals surface area contributed by atoms with Gasteiger partial charge in [0.25, 0.3) is 0 Å². The van der Waals surface area contributed by atoms with Crippen LogP contribution < -0.4 is 5.32 Å². The third kappa shape index (κ3) is 3.67. The average molecular weight is 261 g/mol. The van der Waals surface area contributed by atoms with Gasteiger partial charge in [0.05, 0.1) is 17.1 Å². The second-order valence-electron chi connectivity index (χ2n) is 5.08. The summed E-state index contributed by atoms with van der Waals surface area (Å²) in [5, 5.41) is 12.2. The molecule has 0 fully saturated rings. The van der Waals surface area contributed by atoms with Crippen LogP contribution in [0.15, 0.2) is 12.1 Å². The highest BCUT2D eigenvalue weighted by Crippen LogP contribution is 2.03. The van der Waals surface area contributed by atoms with Crippen molar-refractivity contribution in [2.24, 2.45) is 7.05 Å². The van der Waals surface area contributed by atoms with Gasteiger partial charge >= 0.3 is 0 Å². The molecule has 0 unspecified atom stereocenters. The van der Waals surface area contributed by atoms with Crippen molar-refractivity contribution < 1.29 is 0 Å². The Labute approximate surface area is 114 Å². The number of nitrogens with one attached hydrogen (secondary N) is 1. The van der Waals surface area contributed by atoms with E-state index in [-0.39, 0.29) is 0 Å². The van der Waals surface area contributed by atoms with Crippen LogP contribution in [-0.2, 0) is 20.1 Å². The zero-order chi connectivity index (χ0) is 13.8. The van der Waals surface area contributed by atoms with Gasteiger partial charge in [-0.1, -0.05) is 0 Å². The van der Waals surface area contributed by atoms with Crippen LogP contribution >= 0.6 is 0 Å². The van der Waals surface area contributed by atoms with E-state index in [1.165, 1.54) is 11.4 Å². The van der Waals surface area contributed by atoms with Crippen LogP contribution in [0.2, 0.25) is 0 Å². The van der Waals surface area contributed by atoms with Gasteiger partial charge in [0.2, 0.25) is 0 Å². The fourth-order valence-electron chi connectivity index (χ4n) is 2.30. The molecule has 1 N–H and O–H groups in total. The highest BCUT2D eigenvalue weighted by molar-refractivity contribution is 5.08. The molecule has 0 saturated heterocycles. The van der Waals surface area contributed by atoms with Crippen molar-refractivity contribution in [2.45, 2.75) is 40.3 Å². The second-order valence-corrected chi connectivity index (χ2v) is 5.08. The maximum Gasteiger partial charge on any atom is 0.0597 e. The van der Waals surface area contributed by atoms with E-state index in [0.717, 1.165) is 37.4 Å². The Morgan fingerprint density at radius 1 is 1.11 bits per heavy atom. The normalized spacial score (nSPS) is 11.2. The van der Waals surface area contributed by atoms with E-state index in [2.05, 4.69) is 39.3 Å². The number of hydrogen-bond acceptors (Lipinski definition) is 3. The average Bonchev–Trinajstić information content (AvgIpc) is 2.81. The van der Waals surface area contributed by atoms with Gasteiger partial charge < -0.3 is 5.32 Å². The topological polar surface area (TPSA) is 47.7 Å². The predicted molar refractivity (Wildman–Crippen MR) is 76.0 cm³/mol. The van der Waals surface area contributed by atoms with E-state index in [1.54, 1.807) is 0 Å². The molecule has 2 heterocycles. The summed E-state index contributed by atoms with van der Waals surface area (Å²) >= 11 is 0. The molecule has 0 radical (unpaired) electrons. The third-order valence-electron chi connectivity index (χ3n) is 3.23. The smallest absolute Gasteiger partial charge is 0.0597 e. The first-order valence-electron chi connectivity index (χ1n) is 6.77. The summed E-state index contributed by atoms with van der Waals surface area (Å²) in [6, 6.07) is 4.24. The number of aryl methyl sites for hydroxylation is 5. The lowest BCUT2D eigenvalue weighted by Gasteiger charge is -2.06. The van der Waals surface area contributed by atoms with Crippen molar-refractivity contribution in [3.8, 4) is 0 Å². The fourth-order valence-corrected chi connectivity index (χ4v) is 2.30. The first-order chi connectivity index (χ1) is 9.06. The minimum absolute atomic E-state index is 0.870. The van der Waals surface area contributed by atoms with Crippen molar-refractivity contribution in [1.29, 1.82) is 0 Å². The van der Waals surface area contributed by atoms with Crippen molar-refractivity contribution in [3.05, 3.63) is 34.9 Å². The van der Waals surface area contributed by atoms with Gasteiger partial charge in [-0.3, -0.25) is 9.36 Å². The molecule has 0 aliphatic heterocycles. The van der Waals surface area contributed by atoms with E-state index in [9.17, 15) is 0 Å². The summed E-state index contributed by atoms with van der Waals surface area (Å²) in [6.45, 7) is 8.98. The quantitative estimate of drug-likeness (QED) is 0.806. The highest BCUT2D eigenvalue weighted by Gasteiger charge is 2.02. The van der Waals surface area contributed by atoms with Crippen molar-refractivity contribution in [1.82, 2.24) is 24.9 Å². The molecule has 5 heteroatoms. The van der Waals surface area contributed by atoms with Crippen LogP contribution in [-0.4, -0.2) is 26.1 Å². The maximum absolute atomic E-state index is 4.46. The molecule has 0 bridgehead atoms. The van der Waals surface area contributed by atoms with Gasteiger partial charge in [-0.15, -0.1) is 0 Å². The molecule has 0 aromatic carbocycles. The summed E-state index contributed by atoms with van der Waals surface area (Å²) in [7, 11) is 1.99. The lowest BCUT2D eigenvalue weighted by atomic mass is 10.3. The molecule has 0 saturated carbocycles. The summed E-state index contributed by atoms with van der Waals surface area (Å²) in [6.07, 6.45) is 1.08. The molecule has 0 aliphatic carbocycles. The van der Waals surface area contributed by atoms with Crippen LogP contribution in [0.3, 0.4) is 0 Å². The SMILES string of the molecule is Cc1cc(CNCCCn2nc(C)cc2C)n(C)n1. The molecule has 0 spiro atoms. The summed E-state index contributed by atoms with van der Waals surface area (Å²) in [5.41, 5.74) is 4.63. The lowest BCUT2D eigenvalue weighted by molar-refractivity contribution is 0.525. The Morgan fingerprint density at radius 2 is 1.84 bits per heavy atom. The first kappa shape index (κ1) is 13.8. The molecule has 0 atom stereocenters. The first-order valence-corrected chi connectivity index (χ1v) is 6.77. The van der Waals surface area contributed by atoms with Gasteiger partial charge in [-0.05, 0) is 45.9 Å². The fraction of sp³-hybridized carbons (Fsp3) is 0.571. The van der Waals surface area contributed by atoms with E-state index in [4.69, 9.17) is 0 Å². The van der Waals surface area contributed by atoms with E-state index in [0.29, 0.717) is 0 Å². The molecule has 0 amide bonds. The Hall–Kier alpha value is -1.62. The van der Waals surface area contributed by atoms with Crippen LogP contribution in [0.5, 0.6) is 0 Å². The molecule has 5 nitrogen and oxygen atoms in total. The largest absolute Gasteiger partial charge is 0.311 e. The van der Waals surface area contributed by atoms with Crippen LogP contribution in [0.1, 0.15) is 29.2 Å². The molecule has 2 rings (SSSR count). The van der Waals surface area contributed by atoms with E-state index in [1.807, 2.05) is 25.6 Å². The highest BCUT2D eigenvalue weighted by atomic mass is 15.3. The van der Waals surface area contributed by atoms with Gasteiger partial charge in [-0.25, -0.2) is 0 Å². The third-order valence-corrected chi connectivity index (χ3v) is 3.23. The maximum atomic E-state index is 4.46. The Bertz CT molecular complexity index is 490. The van der Waals surface area contributed by atoms with Crippen molar-refractivity contribution in [2.75, 3.05) is 6.54 Å². The number of nitrogens with zero attached hydrogens (tertiary/aromatic N) is 4. The molecular formula is C14H23N5. The summed E-state index contributed by atoms with van der Waals surface area (Å²) in [5.74, 6) is 0. The van der Waals surface area contributed by atoms with Gasteiger partial charge in [0.1, 0.15) is 0 Å². The minimum Gasteiger partial charge on any atom is -0.311 e. The van der Waals surface area contributed by atoms with Crippen LogP contribution in [0, 0.1) is 20.8 Å². The van der Waals surface area contributed by atoms with E-state index < -0.39 is 0 Å². The Kier molecular flexibility index (Phi) is 4.37.